The van der Waals surface area contributed by atoms with Crippen LogP contribution in [0.1, 0.15) is 55.4 Å². The average molecular weight is 523 g/mol. The number of hydrogen-bond donors (Lipinski definition) is 3. The standard InChI is InChI=1S/C19H33N5O2S.HI/c1-6-19(7-2)14(11-15(19)26-8-3)24-18(20-5)22-10-9-21-17(25)16-13(4)23-12-27-16;/h12,14-15H,6-11H2,1-5H3,(H,21,25)(H2,20,22,24);1H. The summed E-state index contributed by atoms with van der Waals surface area (Å²) in [6, 6.07) is 0.352. The molecule has 1 fully saturated rings. The van der Waals surface area contributed by atoms with Crippen LogP contribution in [-0.2, 0) is 4.74 Å². The molecule has 1 aromatic rings. The summed E-state index contributed by atoms with van der Waals surface area (Å²) in [6.45, 7) is 10.3. The molecule has 28 heavy (non-hydrogen) atoms. The predicted molar refractivity (Wildman–Crippen MR) is 126 cm³/mol. The molecule has 0 aromatic carbocycles. The molecule has 2 atom stereocenters. The van der Waals surface area contributed by atoms with Crippen LogP contribution in [0.15, 0.2) is 10.5 Å². The molecule has 0 bridgehead atoms. The van der Waals surface area contributed by atoms with E-state index >= 15 is 0 Å². The Labute approximate surface area is 189 Å². The first-order valence-electron chi connectivity index (χ1n) is 9.79. The molecule has 1 aromatic heterocycles. The first-order chi connectivity index (χ1) is 13.0. The van der Waals surface area contributed by atoms with Gasteiger partial charge in [0.15, 0.2) is 5.96 Å². The van der Waals surface area contributed by atoms with E-state index in [9.17, 15) is 4.79 Å². The van der Waals surface area contributed by atoms with Crippen LogP contribution in [0.3, 0.4) is 0 Å². The second-order valence-electron chi connectivity index (χ2n) is 6.84. The highest BCUT2D eigenvalue weighted by atomic mass is 127. The summed E-state index contributed by atoms with van der Waals surface area (Å²) >= 11 is 1.36. The molecule has 2 unspecified atom stereocenters. The van der Waals surface area contributed by atoms with Crippen molar-refractivity contribution < 1.29 is 9.53 Å². The van der Waals surface area contributed by atoms with Gasteiger partial charge < -0.3 is 20.7 Å². The number of ether oxygens (including phenoxy) is 1. The molecule has 1 saturated carbocycles. The summed E-state index contributed by atoms with van der Waals surface area (Å²) in [5.41, 5.74) is 2.62. The Hall–Kier alpha value is -0.940. The lowest BCUT2D eigenvalue weighted by Crippen LogP contribution is -2.65. The van der Waals surface area contributed by atoms with Crippen molar-refractivity contribution in [1.82, 2.24) is 20.9 Å². The molecule has 2 rings (SSSR count). The second kappa shape index (κ2) is 11.9. The van der Waals surface area contributed by atoms with Gasteiger partial charge in [-0.15, -0.1) is 35.3 Å². The molecule has 0 aliphatic heterocycles. The van der Waals surface area contributed by atoms with E-state index in [1.165, 1.54) is 11.3 Å². The molecule has 1 amide bonds. The molecule has 0 radical (unpaired) electrons. The Balaban J connectivity index is 0.00000392. The molecule has 7 nitrogen and oxygen atoms in total. The van der Waals surface area contributed by atoms with Gasteiger partial charge in [-0.1, -0.05) is 13.8 Å². The zero-order valence-electron chi connectivity index (χ0n) is 17.5. The maximum Gasteiger partial charge on any atom is 0.263 e. The number of carbonyl (C=O) groups excluding carboxylic acids is 1. The summed E-state index contributed by atoms with van der Waals surface area (Å²) in [7, 11) is 1.77. The van der Waals surface area contributed by atoms with E-state index in [0.29, 0.717) is 30.1 Å². The number of aromatic nitrogens is 1. The summed E-state index contributed by atoms with van der Waals surface area (Å²) in [4.78, 5) is 21.2. The van der Waals surface area contributed by atoms with E-state index in [2.05, 4.69) is 46.7 Å². The molecule has 1 aliphatic carbocycles. The lowest BCUT2D eigenvalue weighted by atomic mass is 9.58. The van der Waals surface area contributed by atoms with Crippen molar-refractivity contribution >= 4 is 47.2 Å². The van der Waals surface area contributed by atoms with Gasteiger partial charge in [-0.2, -0.15) is 0 Å². The van der Waals surface area contributed by atoms with Crippen LogP contribution >= 0.6 is 35.3 Å². The van der Waals surface area contributed by atoms with Crippen molar-refractivity contribution in [1.29, 1.82) is 0 Å². The summed E-state index contributed by atoms with van der Waals surface area (Å²) in [5, 5.41) is 9.75. The quantitative estimate of drug-likeness (QED) is 0.201. The second-order valence-corrected chi connectivity index (χ2v) is 7.69. The van der Waals surface area contributed by atoms with E-state index in [4.69, 9.17) is 4.74 Å². The minimum Gasteiger partial charge on any atom is -0.378 e. The van der Waals surface area contributed by atoms with Gasteiger partial charge in [0.1, 0.15) is 4.88 Å². The molecule has 0 saturated heterocycles. The molecule has 1 aliphatic rings. The monoisotopic (exact) mass is 523 g/mol. The maximum absolute atomic E-state index is 12.1. The van der Waals surface area contributed by atoms with E-state index in [-0.39, 0.29) is 35.3 Å². The smallest absolute Gasteiger partial charge is 0.263 e. The number of rotatable bonds is 9. The zero-order chi connectivity index (χ0) is 19.9. The minimum absolute atomic E-state index is 0. The Morgan fingerprint density at radius 2 is 2.00 bits per heavy atom. The number of aryl methyl sites for hydroxylation is 1. The fraction of sp³-hybridized carbons (Fsp3) is 0.737. The number of amides is 1. The number of hydrogen-bond acceptors (Lipinski definition) is 5. The van der Waals surface area contributed by atoms with Crippen LogP contribution in [0.5, 0.6) is 0 Å². The molecule has 9 heteroatoms. The van der Waals surface area contributed by atoms with Gasteiger partial charge in [0, 0.05) is 38.2 Å². The van der Waals surface area contributed by atoms with Crippen molar-refractivity contribution in [3.05, 3.63) is 16.1 Å². The first-order valence-corrected chi connectivity index (χ1v) is 10.7. The van der Waals surface area contributed by atoms with Gasteiger partial charge in [0.2, 0.25) is 0 Å². The van der Waals surface area contributed by atoms with Crippen LogP contribution in [-0.4, -0.2) is 55.7 Å². The molecule has 160 valence electrons. The largest absolute Gasteiger partial charge is 0.378 e. The summed E-state index contributed by atoms with van der Waals surface area (Å²) in [5.74, 6) is 0.693. The van der Waals surface area contributed by atoms with E-state index in [1.807, 2.05) is 6.92 Å². The number of nitrogens with zero attached hydrogens (tertiary/aromatic N) is 2. The summed E-state index contributed by atoms with van der Waals surface area (Å²) < 4.78 is 5.94. The van der Waals surface area contributed by atoms with Crippen molar-refractivity contribution in [2.75, 3.05) is 26.7 Å². The molecule has 1 heterocycles. The van der Waals surface area contributed by atoms with E-state index < -0.39 is 0 Å². The number of halogens is 1. The molecule has 3 N–H and O–H groups in total. The number of guanidine groups is 1. The maximum atomic E-state index is 12.1. The molecule has 0 spiro atoms. The number of thiazole rings is 1. The predicted octanol–water partition coefficient (Wildman–Crippen LogP) is 2.95. The van der Waals surface area contributed by atoms with Gasteiger partial charge in [-0.3, -0.25) is 9.79 Å². The summed E-state index contributed by atoms with van der Waals surface area (Å²) in [6.07, 6.45) is 3.47. The van der Waals surface area contributed by atoms with Crippen LogP contribution in [0, 0.1) is 12.3 Å². The fourth-order valence-corrected chi connectivity index (χ4v) is 4.62. The van der Waals surface area contributed by atoms with Gasteiger partial charge in [-0.05, 0) is 33.1 Å². The first kappa shape index (κ1) is 25.1. The number of nitrogens with one attached hydrogen (secondary N) is 3. The van der Waals surface area contributed by atoms with Crippen LogP contribution in [0.25, 0.3) is 0 Å². The Kier molecular flexibility index (Phi) is 10.7. The lowest BCUT2D eigenvalue weighted by molar-refractivity contribution is -0.133. The lowest BCUT2D eigenvalue weighted by Gasteiger charge is -2.55. The van der Waals surface area contributed by atoms with E-state index in [0.717, 1.165) is 37.5 Å². The Morgan fingerprint density at radius 3 is 2.54 bits per heavy atom. The van der Waals surface area contributed by atoms with Crippen molar-refractivity contribution in [2.45, 2.75) is 59.1 Å². The van der Waals surface area contributed by atoms with E-state index in [1.54, 1.807) is 12.6 Å². The molecular weight excluding hydrogens is 489 g/mol. The van der Waals surface area contributed by atoms with Gasteiger partial charge in [0.05, 0.1) is 17.3 Å². The number of carbonyl (C=O) groups is 1. The molecular formula is C19H34IN5O2S. The van der Waals surface area contributed by atoms with Crippen LogP contribution in [0.2, 0.25) is 0 Å². The van der Waals surface area contributed by atoms with Crippen LogP contribution in [0.4, 0.5) is 0 Å². The zero-order valence-corrected chi connectivity index (χ0v) is 20.6. The minimum atomic E-state index is -0.0747. The Morgan fingerprint density at radius 1 is 1.32 bits per heavy atom. The van der Waals surface area contributed by atoms with Crippen molar-refractivity contribution in [2.24, 2.45) is 10.4 Å². The van der Waals surface area contributed by atoms with Crippen molar-refractivity contribution in [3.8, 4) is 0 Å². The normalized spacial score (nSPS) is 20.7. The van der Waals surface area contributed by atoms with Gasteiger partial charge in [-0.25, -0.2) is 4.98 Å². The fourth-order valence-electron chi connectivity index (χ4n) is 3.90. The highest BCUT2D eigenvalue weighted by Crippen LogP contribution is 2.48. The third kappa shape index (κ3) is 5.56. The Bertz CT molecular complexity index is 648. The van der Waals surface area contributed by atoms with Gasteiger partial charge in [0.25, 0.3) is 5.91 Å². The average Bonchev–Trinajstić information content (AvgIpc) is 3.09. The topological polar surface area (TPSA) is 87.6 Å². The highest BCUT2D eigenvalue weighted by Gasteiger charge is 2.53. The third-order valence-corrected chi connectivity index (χ3v) is 6.59. The third-order valence-electron chi connectivity index (χ3n) is 5.66. The van der Waals surface area contributed by atoms with Crippen molar-refractivity contribution in [3.63, 3.8) is 0 Å². The van der Waals surface area contributed by atoms with Gasteiger partial charge >= 0.3 is 0 Å². The highest BCUT2D eigenvalue weighted by molar-refractivity contribution is 14.0. The SMILES string of the molecule is CCOC1CC(NC(=NC)NCCNC(=O)c2scnc2C)C1(CC)CC.I. The number of aliphatic imine (C=N–C) groups is 1. The van der Waals surface area contributed by atoms with Crippen LogP contribution < -0.4 is 16.0 Å².